The number of aliphatic hydroxyl groups excluding tert-OH is 1. The third kappa shape index (κ3) is 2.81. The van der Waals surface area contributed by atoms with Crippen molar-refractivity contribution in [2.45, 2.75) is 50.9 Å². The predicted molar refractivity (Wildman–Crippen MR) is 57.7 cm³/mol. The number of hydrogen-bond acceptors (Lipinski definition) is 3. The van der Waals surface area contributed by atoms with Crippen LogP contribution in [0, 0.1) is 0 Å². The van der Waals surface area contributed by atoms with Crippen LogP contribution >= 0.6 is 0 Å². The van der Waals surface area contributed by atoms with E-state index in [-0.39, 0.29) is 6.61 Å². The Kier molecular flexibility index (Phi) is 3.78. The van der Waals surface area contributed by atoms with Crippen LogP contribution in [0.4, 0.5) is 0 Å². The molecule has 1 N–H and O–H groups in total. The van der Waals surface area contributed by atoms with Crippen molar-refractivity contribution in [2.75, 3.05) is 6.61 Å². The largest absolute Gasteiger partial charge is 0.445 e. The van der Waals surface area contributed by atoms with Crippen molar-refractivity contribution in [2.24, 2.45) is 0 Å². The van der Waals surface area contributed by atoms with Crippen LogP contribution in [0.1, 0.15) is 56.1 Å². The van der Waals surface area contributed by atoms with E-state index in [0.717, 1.165) is 24.5 Å². The van der Waals surface area contributed by atoms with Crippen LogP contribution in [0.25, 0.3) is 0 Å². The summed E-state index contributed by atoms with van der Waals surface area (Å²) in [6.07, 6.45) is 9.86. The molecule has 0 spiro atoms. The first kappa shape index (κ1) is 10.7. The minimum atomic E-state index is 0.209. The second kappa shape index (κ2) is 5.31. The van der Waals surface area contributed by atoms with E-state index in [1.165, 1.54) is 32.1 Å². The maximum absolute atomic E-state index is 8.71. The summed E-state index contributed by atoms with van der Waals surface area (Å²) in [5, 5.41) is 8.71. The minimum absolute atomic E-state index is 0.209. The normalized spacial score (nSPS) is 18.2. The quantitative estimate of drug-likeness (QED) is 0.829. The Morgan fingerprint density at radius 2 is 2.13 bits per heavy atom. The van der Waals surface area contributed by atoms with Crippen molar-refractivity contribution in [1.29, 1.82) is 0 Å². The van der Waals surface area contributed by atoms with Gasteiger partial charge in [0.2, 0.25) is 0 Å². The van der Waals surface area contributed by atoms with Crippen molar-refractivity contribution < 1.29 is 9.52 Å². The van der Waals surface area contributed by atoms with Crippen LogP contribution in [0.5, 0.6) is 0 Å². The van der Waals surface area contributed by atoms with E-state index in [2.05, 4.69) is 4.98 Å². The summed E-state index contributed by atoms with van der Waals surface area (Å²) < 4.78 is 5.70. The lowest BCUT2D eigenvalue weighted by Crippen LogP contribution is -2.03. The Bertz CT molecular complexity index is 290. The minimum Gasteiger partial charge on any atom is -0.445 e. The first-order valence-electron chi connectivity index (χ1n) is 5.95. The number of rotatable bonds is 4. The molecule has 1 aliphatic rings. The molecule has 1 heterocycles. The lowest BCUT2D eigenvalue weighted by atomic mass is 9.88. The molecule has 1 aromatic rings. The highest BCUT2D eigenvalue weighted by Crippen LogP contribution is 2.32. The zero-order valence-electron chi connectivity index (χ0n) is 9.11. The third-order valence-electron chi connectivity index (χ3n) is 3.13. The van der Waals surface area contributed by atoms with Gasteiger partial charge < -0.3 is 9.52 Å². The molecule has 1 aromatic heterocycles. The van der Waals surface area contributed by atoms with Gasteiger partial charge in [-0.05, 0) is 19.3 Å². The smallest absolute Gasteiger partial charge is 0.194 e. The molecule has 0 aromatic carbocycles. The fourth-order valence-electron chi connectivity index (χ4n) is 2.25. The zero-order valence-corrected chi connectivity index (χ0v) is 9.11. The summed E-state index contributed by atoms with van der Waals surface area (Å²) in [6, 6.07) is 0. The molecular formula is C12H19NO2. The molecule has 2 rings (SSSR count). The Balaban J connectivity index is 1.93. The van der Waals surface area contributed by atoms with Gasteiger partial charge in [-0.3, -0.25) is 0 Å². The van der Waals surface area contributed by atoms with Gasteiger partial charge in [-0.1, -0.05) is 19.3 Å². The third-order valence-corrected chi connectivity index (χ3v) is 3.13. The zero-order chi connectivity index (χ0) is 10.5. The molecule has 1 aliphatic carbocycles. The summed E-state index contributed by atoms with van der Waals surface area (Å²) in [6.45, 7) is 0.209. The standard InChI is InChI=1S/C12H19NO2/c14-8-4-7-12-13-9-11(15-12)10-5-2-1-3-6-10/h9-10,14H,1-8H2. The summed E-state index contributed by atoms with van der Waals surface area (Å²) in [5.41, 5.74) is 0. The van der Waals surface area contributed by atoms with Crippen LogP contribution in [0.15, 0.2) is 10.6 Å². The Morgan fingerprint density at radius 1 is 1.33 bits per heavy atom. The maximum atomic E-state index is 8.71. The van der Waals surface area contributed by atoms with E-state index >= 15 is 0 Å². The number of aromatic nitrogens is 1. The molecule has 0 radical (unpaired) electrons. The van der Waals surface area contributed by atoms with Gasteiger partial charge in [0.05, 0.1) is 6.20 Å². The SMILES string of the molecule is OCCCc1ncc(C2CCCCC2)o1. The fourth-order valence-corrected chi connectivity index (χ4v) is 2.25. The van der Waals surface area contributed by atoms with Gasteiger partial charge in [0.1, 0.15) is 5.76 Å². The molecule has 0 atom stereocenters. The van der Waals surface area contributed by atoms with Crippen molar-refractivity contribution in [3.05, 3.63) is 17.8 Å². The Morgan fingerprint density at radius 3 is 2.87 bits per heavy atom. The number of aryl methyl sites for hydroxylation is 1. The van der Waals surface area contributed by atoms with E-state index < -0.39 is 0 Å². The summed E-state index contributed by atoms with van der Waals surface area (Å²) in [7, 11) is 0. The Labute approximate surface area is 90.5 Å². The predicted octanol–water partition coefficient (Wildman–Crippen LogP) is 2.65. The van der Waals surface area contributed by atoms with Crippen molar-refractivity contribution in [3.8, 4) is 0 Å². The number of oxazole rings is 1. The molecule has 15 heavy (non-hydrogen) atoms. The number of aliphatic hydroxyl groups is 1. The van der Waals surface area contributed by atoms with Crippen LogP contribution in [0.3, 0.4) is 0 Å². The van der Waals surface area contributed by atoms with Crippen LogP contribution < -0.4 is 0 Å². The topological polar surface area (TPSA) is 46.3 Å². The van der Waals surface area contributed by atoms with E-state index in [9.17, 15) is 0 Å². The molecule has 0 bridgehead atoms. The second-order valence-corrected chi connectivity index (χ2v) is 4.32. The van der Waals surface area contributed by atoms with Crippen LogP contribution in [-0.4, -0.2) is 16.7 Å². The molecule has 0 saturated heterocycles. The summed E-state index contributed by atoms with van der Waals surface area (Å²) in [4.78, 5) is 4.25. The number of nitrogens with zero attached hydrogens (tertiary/aromatic N) is 1. The van der Waals surface area contributed by atoms with Gasteiger partial charge in [0, 0.05) is 18.9 Å². The van der Waals surface area contributed by atoms with E-state index in [0.29, 0.717) is 5.92 Å². The molecule has 1 fully saturated rings. The number of hydrogen-bond donors (Lipinski definition) is 1. The molecular weight excluding hydrogens is 190 g/mol. The molecule has 0 aliphatic heterocycles. The van der Waals surface area contributed by atoms with Gasteiger partial charge in [0.25, 0.3) is 0 Å². The van der Waals surface area contributed by atoms with Gasteiger partial charge in [-0.25, -0.2) is 4.98 Å². The van der Waals surface area contributed by atoms with Crippen LogP contribution in [0.2, 0.25) is 0 Å². The highest BCUT2D eigenvalue weighted by Gasteiger charge is 2.19. The highest BCUT2D eigenvalue weighted by molar-refractivity contribution is 5.03. The van der Waals surface area contributed by atoms with Gasteiger partial charge in [-0.2, -0.15) is 0 Å². The van der Waals surface area contributed by atoms with Gasteiger partial charge in [0.15, 0.2) is 5.89 Å². The lowest BCUT2D eigenvalue weighted by Gasteiger charge is -2.18. The summed E-state index contributed by atoms with van der Waals surface area (Å²) >= 11 is 0. The molecule has 0 amide bonds. The molecule has 3 heteroatoms. The van der Waals surface area contributed by atoms with Crippen molar-refractivity contribution in [1.82, 2.24) is 4.98 Å². The molecule has 84 valence electrons. The van der Waals surface area contributed by atoms with E-state index in [1.54, 1.807) is 0 Å². The van der Waals surface area contributed by atoms with Crippen LogP contribution in [-0.2, 0) is 6.42 Å². The monoisotopic (exact) mass is 209 g/mol. The fraction of sp³-hybridized carbons (Fsp3) is 0.750. The van der Waals surface area contributed by atoms with Gasteiger partial charge >= 0.3 is 0 Å². The summed E-state index contributed by atoms with van der Waals surface area (Å²) in [5.74, 6) is 2.43. The lowest BCUT2D eigenvalue weighted by molar-refractivity contribution is 0.280. The maximum Gasteiger partial charge on any atom is 0.194 e. The van der Waals surface area contributed by atoms with Crippen molar-refractivity contribution in [3.63, 3.8) is 0 Å². The second-order valence-electron chi connectivity index (χ2n) is 4.32. The molecule has 1 saturated carbocycles. The Hall–Kier alpha value is -0.830. The average Bonchev–Trinajstić information content (AvgIpc) is 2.76. The molecule has 3 nitrogen and oxygen atoms in total. The average molecular weight is 209 g/mol. The van der Waals surface area contributed by atoms with E-state index in [1.807, 2.05) is 6.20 Å². The van der Waals surface area contributed by atoms with E-state index in [4.69, 9.17) is 9.52 Å². The highest BCUT2D eigenvalue weighted by atomic mass is 16.4. The first-order valence-corrected chi connectivity index (χ1v) is 5.95. The first-order chi connectivity index (χ1) is 7.40. The van der Waals surface area contributed by atoms with Gasteiger partial charge in [-0.15, -0.1) is 0 Å². The molecule has 0 unspecified atom stereocenters. The van der Waals surface area contributed by atoms with Crippen molar-refractivity contribution >= 4 is 0 Å².